The fourth-order valence-electron chi connectivity index (χ4n) is 3.34. The van der Waals surface area contributed by atoms with Crippen molar-refractivity contribution in [2.24, 2.45) is 0 Å². The van der Waals surface area contributed by atoms with E-state index >= 15 is 0 Å². The van der Waals surface area contributed by atoms with Crippen molar-refractivity contribution in [2.45, 2.75) is 103 Å². The van der Waals surface area contributed by atoms with E-state index in [1.165, 1.54) is 89.0 Å². The molecule has 1 atom stereocenters. The Morgan fingerprint density at radius 1 is 0.696 bits per heavy atom. The summed E-state index contributed by atoms with van der Waals surface area (Å²) in [6.07, 6.45) is 22.1. The van der Waals surface area contributed by atoms with Gasteiger partial charge in [0.2, 0.25) is 0 Å². The number of rotatable bonds is 14. The van der Waals surface area contributed by atoms with Gasteiger partial charge in [-0.3, -0.25) is 4.98 Å². The molecule has 1 rings (SSSR count). The highest BCUT2D eigenvalue weighted by Crippen LogP contribution is 2.27. The van der Waals surface area contributed by atoms with Gasteiger partial charge >= 0.3 is 0 Å². The third kappa shape index (κ3) is 11.6. The molecule has 0 aliphatic rings. The first-order chi connectivity index (χ1) is 10.9. The zero-order chi connectivity index (χ0) is 15.9. The zero-order valence-electron chi connectivity index (χ0n) is 15.4. The van der Waals surface area contributed by atoms with Crippen molar-refractivity contribution in [3.8, 4) is 0 Å². The van der Waals surface area contributed by atoms with E-state index in [4.69, 9.17) is 0 Å². The zero-order valence-corrected chi connectivity index (χ0v) is 16.3. The third-order valence-electron chi connectivity index (χ3n) is 4.72. The Balaban J connectivity index is 0.00000484. The normalized spacial score (nSPS) is 11.9. The molecule has 1 nitrogen and oxygen atoms in total. The molecule has 0 radical (unpaired) electrons. The van der Waals surface area contributed by atoms with Crippen LogP contribution in [0, 0.1) is 0 Å². The highest BCUT2D eigenvalue weighted by molar-refractivity contribution is 5.85. The SMILES string of the molecule is CCCCCCCCCCCCC(CCC)c1ccncc1.Cl. The standard InChI is InChI=1S/C21H37N.ClH/c1-3-5-6-7-8-9-10-11-12-13-15-20(14-4-2)21-16-18-22-19-17-21;/h16-20H,3-15H2,1-2H3;1H. The smallest absolute Gasteiger partial charge is 0.0270 e. The average Bonchev–Trinajstić information content (AvgIpc) is 2.56. The van der Waals surface area contributed by atoms with Crippen molar-refractivity contribution in [3.05, 3.63) is 30.1 Å². The first-order valence-electron chi connectivity index (χ1n) is 9.78. The summed E-state index contributed by atoms with van der Waals surface area (Å²) >= 11 is 0. The number of unbranched alkanes of at least 4 members (excludes halogenated alkanes) is 9. The molecule has 0 N–H and O–H groups in total. The van der Waals surface area contributed by atoms with Gasteiger partial charge in [0.15, 0.2) is 0 Å². The maximum atomic E-state index is 4.14. The molecule has 134 valence electrons. The van der Waals surface area contributed by atoms with Crippen LogP contribution in [0.2, 0.25) is 0 Å². The predicted molar refractivity (Wildman–Crippen MR) is 106 cm³/mol. The van der Waals surface area contributed by atoms with Gasteiger partial charge < -0.3 is 0 Å². The van der Waals surface area contributed by atoms with Gasteiger partial charge in [-0.25, -0.2) is 0 Å². The van der Waals surface area contributed by atoms with E-state index in [2.05, 4.69) is 31.0 Å². The summed E-state index contributed by atoms with van der Waals surface area (Å²) in [5.74, 6) is 0.752. The molecule has 1 aromatic rings. The molecule has 0 bridgehead atoms. The third-order valence-corrected chi connectivity index (χ3v) is 4.72. The van der Waals surface area contributed by atoms with E-state index in [1.54, 1.807) is 0 Å². The molecule has 0 aliphatic carbocycles. The highest BCUT2D eigenvalue weighted by Gasteiger charge is 2.09. The Hall–Kier alpha value is -0.560. The Morgan fingerprint density at radius 2 is 1.22 bits per heavy atom. The van der Waals surface area contributed by atoms with Gasteiger partial charge in [0.1, 0.15) is 0 Å². The summed E-state index contributed by atoms with van der Waals surface area (Å²) in [5, 5.41) is 0. The summed E-state index contributed by atoms with van der Waals surface area (Å²) in [4.78, 5) is 4.14. The van der Waals surface area contributed by atoms with Crippen molar-refractivity contribution in [2.75, 3.05) is 0 Å². The van der Waals surface area contributed by atoms with E-state index in [0.29, 0.717) is 0 Å². The lowest BCUT2D eigenvalue weighted by molar-refractivity contribution is 0.504. The van der Waals surface area contributed by atoms with Crippen LogP contribution in [0.25, 0.3) is 0 Å². The van der Waals surface area contributed by atoms with Crippen LogP contribution in [-0.2, 0) is 0 Å². The van der Waals surface area contributed by atoms with E-state index in [-0.39, 0.29) is 12.4 Å². The maximum Gasteiger partial charge on any atom is 0.0270 e. The molecule has 0 saturated carbocycles. The number of aromatic nitrogens is 1. The molecule has 0 saturated heterocycles. The first-order valence-corrected chi connectivity index (χ1v) is 9.78. The van der Waals surface area contributed by atoms with Crippen LogP contribution in [-0.4, -0.2) is 4.98 Å². The van der Waals surface area contributed by atoms with Crippen molar-refractivity contribution < 1.29 is 0 Å². The van der Waals surface area contributed by atoms with E-state index in [1.807, 2.05) is 12.4 Å². The molecule has 0 aromatic carbocycles. The van der Waals surface area contributed by atoms with Crippen molar-refractivity contribution in [1.29, 1.82) is 0 Å². The van der Waals surface area contributed by atoms with Gasteiger partial charge in [-0.2, -0.15) is 0 Å². The fraction of sp³-hybridized carbons (Fsp3) is 0.762. The van der Waals surface area contributed by atoms with Gasteiger partial charge in [-0.15, -0.1) is 12.4 Å². The summed E-state index contributed by atoms with van der Waals surface area (Å²) in [7, 11) is 0. The minimum absolute atomic E-state index is 0. The van der Waals surface area contributed by atoms with Gasteiger partial charge in [-0.05, 0) is 36.5 Å². The Labute approximate surface area is 151 Å². The molecule has 0 fully saturated rings. The average molecular weight is 340 g/mol. The number of pyridine rings is 1. The van der Waals surface area contributed by atoms with Gasteiger partial charge in [0.05, 0.1) is 0 Å². The molecule has 0 spiro atoms. The lowest BCUT2D eigenvalue weighted by atomic mass is 9.90. The maximum absolute atomic E-state index is 4.14. The monoisotopic (exact) mass is 339 g/mol. The van der Waals surface area contributed by atoms with E-state index in [9.17, 15) is 0 Å². The fourth-order valence-corrected chi connectivity index (χ4v) is 3.34. The molecule has 1 heterocycles. The Morgan fingerprint density at radius 3 is 1.74 bits per heavy atom. The molecular formula is C21H38ClN. The lowest BCUT2D eigenvalue weighted by Crippen LogP contribution is -1.99. The molecule has 1 aromatic heterocycles. The van der Waals surface area contributed by atoms with Crippen LogP contribution in [0.1, 0.15) is 109 Å². The minimum atomic E-state index is 0. The molecule has 23 heavy (non-hydrogen) atoms. The van der Waals surface area contributed by atoms with Crippen LogP contribution in [0.15, 0.2) is 24.5 Å². The molecule has 0 amide bonds. The van der Waals surface area contributed by atoms with Crippen LogP contribution in [0.3, 0.4) is 0 Å². The molecular weight excluding hydrogens is 302 g/mol. The van der Waals surface area contributed by atoms with E-state index < -0.39 is 0 Å². The van der Waals surface area contributed by atoms with Crippen LogP contribution >= 0.6 is 12.4 Å². The van der Waals surface area contributed by atoms with Crippen LogP contribution < -0.4 is 0 Å². The summed E-state index contributed by atoms with van der Waals surface area (Å²) in [6, 6.07) is 4.41. The van der Waals surface area contributed by atoms with Crippen molar-refractivity contribution in [1.82, 2.24) is 4.98 Å². The second-order valence-corrected chi connectivity index (χ2v) is 6.74. The number of nitrogens with zero attached hydrogens (tertiary/aromatic N) is 1. The quantitative estimate of drug-likeness (QED) is 0.316. The first kappa shape index (κ1) is 22.4. The van der Waals surface area contributed by atoms with E-state index in [0.717, 1.165) is 5.92 Å². The second kappa shape index (κ2) is 16.3. The Kier molecular flexibility index (Phi) is 15.9. The van der Waals surface area contributed by atoms with Crippen molar-refractivity contribution in [3.63, 3.8) is 0 Å². The number of hydrogen-bond donors (Lipinski definition) is 0. The van der Waals surface area contributed by atoms with Crippen molar-refractivity contribution >= 4 is 12.4 Å². The summed E-state index contributed by atoms with van der Waals surface area (Å²) in [5.41, 5.74) is 1.49. The molecule has 1 unspecified atom stereocenters. The highest BCUT2D eigenvalue weighted by atomic mass is 35.5. The Bertz CT molecular complexity index is 339. The largest absolute Gasteiger partial charge is 0.265 e. The summed E-state index contributed by atoms with van der Waals surface area (Å²) in [6.45, 7) is 4.59. The topological polar surface area (TPSA) is 12.9 Å². The van der Waals surface area contributed by atoms with Crippen LogP contribution in [0.4, 0.5) is 0 Å². The predicted octanol–water partition coefficient (Wildman–Crippen LogP) is 7.70. The number of hydrogen-bond acceptors (Lipinski definition) is 1. The van der Waals surface area contributed by atoms with Gasteiger partial charge in [0.25, 0.3) is 0 Å². The summed E-state index contributed by atoms with van der Waals surface area (Å²) < 4.78 is 0. The minimum Gasteiger partial charge on any atom is -0.265 e. The van der Waals surface area contributed by atoms with Gasteiger partial charge in [0, 0.05) is 12.4 Å². The molecule has 0 aliphatic heterocycles. The lowest BCUT2D eigenvalue weighted by Gasteiger charge is -2.16. The second-order valence-electron chi connectivity index (χ2n) is 6.74. The van der Waals surface area contributed by atoms with Gasteiger partial charge in [-0.1, -0.05) is 84.5 Å². The number of halogens is 1. The van der Waals surface area contributed by atoms with Crippen LogP contribution in [0.5, 0.6) is 0 Å². The molecule has 2 heteroatoms.